The standard InChI is InChI=1S/C19H14ClN5OS/c20-13-3-1-11(2-4-13)17(26)15-8-16(12-5-6-22-14(7-12)9-21)27-18(15)19-23-10-24-25-19/h1-7,10,16-17,26H,8H2,(H,23,24,25). The minimum absolute atomic E-state index is 0.0529. The van der Waals surface area contributed by atoms with E-state index in [1.54, 1.807) is 36.2 Å². The summed E-state index contributed by atoms with van der Waals surface area (Å²) in [4.78, 5) is 9.16. The number of aromatic nitrogens is 4. The molecule has 2 unspecified atom stereocenters. The fourth-order valence-corrected chi connectivity index (χ4v) is 4.56. The maximum Gasteiger partial charge on any atom is 0.161 e. The molecular weight excluding hydrogens is 382 g/mol. The number of hydrogen-bond acceptors (Lipinski definition) is 6. The lowest BCUT2D eigenvalue weighted by Crippen LogP contribution is -2.03. The molecule has 0 amide bonds. The first-order valence-corrected chi connectivity index (χ1v) is 9.46. The zero-order valence-corrected chi connectivity index (χ0v) is 15.6. The SMILES string of the molecule is N#Cc1cc(C2CC(C(O)c3ccc(Cl)cc3)=C(c3ncn[nH]3)S2)ccn1. The summed E-state index contributed by atoms with van der Waals surface area (Å²) in [6, 6.07) is 12.9. The van der Waals surface area contributed by atoms with E-state index in [1.807, 2.05) is 18.2 Å². The number of hydrogen-bond donors (Lipinski definition) is 2. The van der Waals surface area contributed by atoms with Gasteiger partial charge in [-0.05, 0) is 47.4 Å². The Morgan fingerprint density at radius 1 is 1.26 bits per heavy atom. The largest absolute Gasteiger partial charge is 0.384 e. The van der Waals surface area contributed by atoms with Crippen LogP contribution in [0.3, 0.4) is 0 Å². The maximum absolute atomic E-state index is 11.0. The molecule has 4 rings (SSSR count). The molecule has 2 atom stereocenters. The van der Waals surface area contributed by atoms with Crippen LogP contribution in [0, 0.1) is 11.3 Å². The van der Waals surface area contributed by atoms with Crippen LogP contribution in [0.15, 0.2) is 54.5 Å². The lowest BCUT2D eigenvalue weighted by atomic mass is 9.95. The lowest BCUT2D eigenvalue weighted by molar-refractivity contribution is 0.212. The van der Waals surface area contributed by atoms with Crippen molar-refractivity contribution in [1.82, 2.24) is 20.2 Å². The van der Waals surface area contributed by atoms with Gasteiger partial charge in [-0.15, -0.1) is 11.8 Å². The first-order chi connectivity index (χ1) is 13.2. The highest BCUT2D eigenvalue weighted by molar-refractivity contribution is 8.08. The van der Waals surface area contributed by atoms with Crippen molar-refractivity contribution < 1.29 is 5.11 Å². The van der Waals surface area contributed by atoms with Crippen molar-refractivity contribution in [2.75, 3.05) is 0 Å². The number of aliphatic hydroxyl groups is 1. The van der Waals surface area contributed by atoms with Gasteiger partial charge in [0.15, 0.2) is 5.82 Å². The van der Waals surface area contributed by atoms with Crippen LogP contribution in [0.1, 0.15) is 40.4 Å². The van der Waals surface area contributed by atoms with E-state index in [4.69, 9.17) is 16.9 Å². The molecule has 3 aromatic rings. The number of thioether (sulfide) groups is 1. The van der Waals surface area contributed by atoms with Crippen molar-refractivity contribution in [3.05, 3.63) is 82.2 Å². The van der Waals surface area contributed by atoms with Gasteiger partial charge in [-0.2, -0.15) is 10.4 Å². The smallest absolute Gasteiger partial charge is 0.161 e. The first-order valence-electron chi connectivity index (χ1n) is 8.20. The number of halogens is 1. The predicted octanol–water partition coefficient (Wildman–Crippen LogP) is 4.05. The molecule has 0 aliphatic carbocycles. The Bertz CT molecular complexity index is 1030. The Morgan fingerprint density at radius 3 is 2.78 bits per heavy atom. The third kappa shape index (κ3) is 3.60. The average Bonchev–Trinajstić information content (AvgIpc) is 3.38. The number of rotatable bonds is 4. The van der Waals surface area contributed by atoms with Gasteiger partial charge in [-0.25, -0.2) is 9.97 Å². The predicted molar refractivity (Wildman–Crippen MR) is 104 cm³/mol. The number of nitrogens with one attached hydrogen (secondary N) is 1. The van der Waals surface area contributed by atoms with Gasteiger partial charge < -0.3 is 5.11 Å². The van der Waals surface area contributed by atoms with Crippen molar-refractivity contribution in [3.8, 4) is 6.07 Å². The first kappa shape index (κ1) is 17.7. The van der Waals surface area contributed by atoms with E-state index in [9.17, 15) is 5.11 Å². The molecule has 0 bridgehead atoms. The van der Waals surface area contributed by atoms with E-state index in [1.165, 1.54) is 6.33 Å². The van der Waals surface area contributed by atoms with Crippen LogP contribution < -0.4 is 0 Å². The van der Waals surface area contributed by atoms with Crippen LogP contribution in [-0.4, -0.2) is 25.3 Å². The molecule has 1 aromatic carbocycles. The van der Waals surface area contributed by atoms with Crippen molar-refractivity contribution in [3.63, 3.8) is 0 Å². The minimum atomic E-state index is -0.780. The highest BCUT2D eigenvalue weighted by Crippen LogP contribution is 2.54. The number of aromatic amines is 1. The summed E-state index contributed by atoms with van der Waals surface area (Å²) >= 11 is 7.56. The normalized spacial score (nSPS) is 17.7. The van der Waals surface area contributed by atoms with Gasteiger partial charge in [0, 0.05) is 16.5 Å². The molecule has 3 heterocycles. The number of benzene rings is 1. The summed E-state index contributed by atoms with van der Waals surface area (Å²) in [6.45, 7) is 0. The molecule has 2 N–H and O–H groups in total. The minimum Gasteiger partial charge on any atom is -0.384 e. The number of nitriles is 1. The van der Waals surface area contributed by atoms with Crippen LogP contribution in [0.2, 0.25) is 5.02 Å². The molecule has 2 aromatic heterocycles. The monoisotopic (exact) mass is 395 g/mol. The van der Waals surface area contributed by atoms with Gasteiger partial charge in [-0.3, -0.25) is 5.10 Å². The van der Waals surface area contributed by atoms with Crippen molar-refractivity contribution >= 4 is 28.3 Å². The Balaban J connectivity index is 1.70. The van der Waals surface area contributed by atoms with Crippen molar-refractivity contribution in [2.45, 2.75) is 17.8 Å². The summed E-state index contributed by atoms with van der Waals surface area (Å²) in [5.41, 5.74) is 2.99. The Kier molecular flexibility index (Phi) is 4.94. The second-order valence-corrected chi connectivity index (χ2v) is 7.69. The van der Waals surface area contributed by atoms with Crippen LogP contribution in [0.5, 0.6) is 0 Å². The Labute approximate surface area is 164 Å². The molecular formula is C19H14ClN5OS. The quantitative estimate of drug-likeness (QED) is 0.691. The Hall–Kier alpha value is -2.66. The molecule has 134 valence electrons. The summed E-state index contributed by atoms with van der Waals surface area (Å²) in [6.07, 6.45) is 2.93. The van der Waals surface area contributed by atoms with Crippen LogP contribution in [-0.2, 0) is 0 Å². The summed E-state index contributed by atoms with van der Waals surface area (Å²) in [5.74, 6) is 0.625. The highest BCUT2D eigenvalue weighted by Gasteiger charge is 2.33. The zero-order chi connectivity index (χ0) is 18.8. The van der Waals surface area contributed by atoms with E-state index < -0.39 is 6.10 Å². The fourth-order valence-electron chi connectivity index (χ4n) is 3.05. The van der Waals surface area contributed by atoms with Crippen molar-refractivity contribution in [2.24, 2.45) is 0 Å². The molecule has 27 heavy (non-hydrogen) atoms. The number of nitrogens with zero attached hydrogens (tertiary/aromatic N) is 4. The fraction of sp³-hybridized carbons (Fsp3) is 0.158. The summed E-state index contributed by atoms with van der Waals surface area (Å²) in [7, 11) is 0. The van der Waals surface area contributed by atoms with Gasteiger partial charge in [0.2, 0.25) is 0 Å². The Morgan fingerprint density at radius 2 is 2.07 bits per heavy atom. The summed E-state index contributed by atoms with van der Waals surface area (Å²) in [5, 5.41) is 27.6. The van der Waals surface area contributed by atoms with Crippen LogP contribution in [0.25, 0.3) is 4.91 Å². The molecule has 8 heteroatoms. The lowest BCUT2D eigenvalue weighted by Gasteiger charge is -2.15. The number of H-pyrrole nitrogens is 1. The van der Waals surface area contributed by atoms with E-state index >= 15 is 0 Å². The van der Waals surface area contributed by atoms with Crippen LogP contribution in [0.4, 0.5) is 0 Å². The molecule has 0 radical (unpaired) electrons. The zero-order valence-electron chi connectivity index (χ0n) is 14.0. The average molecular weight is 396 g/mol. The highest BCUT2D eigenvalue weighted by atomic mass is 35.5. The third-order valence-corrected chi connectivity index (χ3v) is 6.04. The van der Waals surface area contributed by atoms with E-state index in [2.05, 4.69) is 26.2 Å². The second-order valence-electron chi connectivity index (χ2n) is 6.04. The van der Waals surface area contributed by atoms with Gasteiger partial charge in [0.1, 0.15) is 24.2 Å². The molecule has 1 aliphatic heterocycles. The summed E-state index contributed by atoms with van der Waals surface area (Å²) < 4.78 is 0. The van der Waals surface area contributed by atoms with E-state index in [0.717, 1.165) is 21.6 Å². The number of pyridine rings is 1. The molecule has 0 spiro atoms. The maximum atomic E-state index is 11.0. The molecule has 6 nitrogen and oxygen atoms in total. The number of aliphatic hydroxyl groups excluding tert-OH is 1. The third-order valence-electron chi connectivity index (χ3n) is 4.37. The van der Waals surface area contributed by atoms with Crippen LogP contribution >= 0.6 is 23.4 Å². The molecule has 0 saturated heterocycles. The topological polar surface area (TPSA) is 98.5 Å². The van der Waals surface area contributed by atoms with Gasteiger partial charge in [0.25, 0.3) is 0 Å². The molecule has 0 fully saturated rings. The van der Waals surface area contributed by atoms with Crippen molar-refractivity contribution in [1.29, 1.82) is 5.26 Å². The van der Waals surface area contributed by atoms with Gasteiger partial charge in [-0.1, -0.05) is 23.7 Å². The molecule has 0 saturated carbocycles. The van der Waals surface area contributed by atoms with E-state index in [-0.39, 0.29) is 5.25 Å². The van der Waals surface area contributed by atoms with Gasteiger partial charge in [0.05, 0.1) is 4.91 Å². The second kappa shape index (κ2) is 7.53. The van der Waals surface area contributed by atoms with E-state index in [0.29, 0.717) is 23.0 Å². The van der Waals surface area contributed by atoms with Gasteiger partial charge >= 0.3 is 0 Å². The molecule has 1 aliphatic rings.